The van der Waals surface area contributed by atoms with Gasteiger partial charge in [0.2, 0.25) is 0 Å². The van der Waals surface area contributed by atoms with Crippen LogP contribution in [0.5, 0.6) is 0 Å². The van der Waals surface area contributed by atoms with Crippen molar-refractivity contribution in [1.82, 2.24) is 9.38 Å². The molecule has 188 valence electrons. The van der Waals surface area contributed by atoms with Crippen molar-refractivity contribution in [3.05, 3.63) is 112 Å². The summed E-state index contributed by atoms with van der Waals surface area (Å²) in [7, 11) is 0. The zero-order valence-electron chi connectivity index (χ0n) is 19.5. The zero-order valence-corrected chi connectivity index (χ0v) is 20.3. The first kappa shape index (κ1) is 24.8. The summed E-state index contributed by atoms with van der Waals surface area (Å²) in [5.74, 6) is -1.12. The van der Waals surface area contributed by atoms with Gasteiger partial charge in [-0.15, -0.1) is 0 Å². The second kappa shape index (κ2) is 9.90. The van der Waals surface area contributed by atoms with Crippen LogP contribution in [0.25, 0.3) is 22.9 Å². The largest absolute Gasteiger partial charge is 0.478 e. The average Bonchev–Trinajstić information content (AvgIpc) is 3.29. The molecule has 4 nitrogen and oxygen atoms in total. The molecule has 37 heavy (non-hydrogen) atoms. The van der Waals surface area contributed by atoms with Crippen LogP contribution in [-0.2, 0) is 11.0 Å². The standard InChI is InChI=1S/C29H22ClF3N2O2/c30-22-10-11-23(24(16-22)29(31,32)33)28(19-2-1-3-19)27(21-9-12-25-34-14-15-35(25)17-21)20-7-4-18(5-8-20)6-13-26(36)37/h4-17,19H,1-3H2,(H,36,37)/b13-6+,28-27+. The number of halogens is 4. The Bertz CT molecular complexity index is 1530. The molecule has 0 aliphatic heterocycles. The van der Waals surface area contributed by atoms with Gasteiger partial charge in [0.05, 0.1) is 5.56 Å². The Morgan fingerprint density at radius 2 is 1.78 bits per heavy atom. The van der Waals surface area contributed by atoms with Crippen molar-refractivity contribution in [1.29, 1.82) is 0 Å². The maximum Gasteiger partial charge on any atom is 0.417 e. The van der Waals surface area contributed by atoms with Crippen LogP contribution in [0.4, 0.5) is 13.2 Å². The van der Waals surface area contributed by atoms with E-state index >= 15 is 0 Å². The number of carboxylic acid groups (broad SMARTS) is 1. The van der Waals surface area contributed by atoms with E-state index in [2.05, 4.69) is 4.98 Å². The maximum atomic E-state index is 14.3. The van der Waals surface area contributed by atoms with E-state index in [1.165, 1.54) is 18.2 Å². The van der Waals surface area contributed by atoms with Crippen LogP contribution < -0.4 is 0 Å². The van der Waals surface area contributed by atoms with Crippen LogP contribution in [0, 0.1) is 5.92 Å². The van der Waals surface area contributed by atoms with Gasteiger partial charge in [0, 0.05) is 29.7 Å². The van der Waals surface area contributed by atoms with Gasteiger partial charge in [0.15, 0.2) is 0 Å². The van der Waals surface area contributed by atoms with E-state index in [0.717, 1.165) is 48.2 Å². The van der Waals surface area contributed by atoms with E-state index < -0.39 is 17.7 Å². The lowest BCUT2D eigenvalue weighted by Gasteiger charge is -2.33. The number of rotatable bonds is 6. The SMILES string of the molecule is O=C(O)/C=C/c1ccc(/C(=C(\c2ccc(Cl)cc2C(F)(F)F)C2CCC2)c2ccc3nccn3c2)cc1. The first-order valence-corrected chi connectivity index (χ1v) is 12.1. The summed E-state index contributed by atoms with van der Waals surface area (Å²) in [6.07, 6.45) is 5.77. The summed E-state index contributed by atoms with van der Waals surface area (Å²) in [5.41, 5.74) is 3.57. The monoisotopic (exact) mass is 522 g/mol. The number of alkyl halides is 3. The minimum Gasteiger partial charge on any atom is -0.478 e. The van der Waals surface area contributed by atoms with Gasteiger partial charge in [0.25, 0.3) is 0 Å². The smallest absolute Gasteiger partial charge is 0.417 e. The van der Waals surface area contributed by atoms with E-state index in [0.29, 0.717) is 16.7 Å². The number of aliphatic carboxylic acids is 1. The van der Waals surface area contributed by atoms with Crippen LogP contribution >= 0.6 is 11.6 Å². The van der Waals surface area contributed by atoms with Crippen molar-refractivity contribution in [2.24, 2.45) is 5.92 Å². The molecule has 1 fully saturated rings. The lowest BCUT2D eigenvalue weighted by atomic mass is 9.72. The molecule has 0 spiro atoms. The van der Waals surface area contributed by atoms with Gasteiger partial charge in [0.1, 0.15) is 5.65 Å². The molecule has 0 atom stereocenters. The van der Waals surface area contributed by atoms with Crippen molar-refractivity contribution < 1.29 is 23.1 Å². The molecule has 0 bridgehead atoms. The third-order valence-electron chi connectivity index (χ3n) is 6.66. The van der Waals surface area contributed by atoms with Crippen molar-refractivity contribution in [3.63, 3.8) is 0 Å². The average molecular weight is 523 g/mol. The second-order valence-corrected chi connectivity index (χ2v) is 9.44. The first-order chi connectivity index (χ1) is 17.7. The third-order valence-corrected chi connectivity index (χ3v) is 6.89. The van der Waals surface area contributed by atoms with Gasteiger partial charge < -0.3 is 9.51 Å². The van der Waals surface area contributed by atoms with E-state index in [1.54, 1.807) is 24.5 Å². The number of carboxylic acids is 1. The van der Waals surface area contributed by atoms with E-state index in [9.17, 15) is 18.0 Å². The van der Waals surface area contributed by atoms with Gasteiger partial charge in [-0.2, -0.15) is 13.2 Å². The van der Waals surface area contributed by atoms with E-state index in [4.69, 9.17) is 16.7 Å². The number of nitrogens with zero attached hydrogens (tertiary/aromatic N) is 2. The Hall–Kier alpha value is -3.84. The maximum absolute atomic E-state index is 14.3. The lowest BCUT2D eigenvalue weighted by molar-refractivity contribution is -0.137. The Kier molecular flexibility index (Phi) is 6.65. The Morgan fingerprint density at radius 1 is 1.05 bits per heavy atom. The third kappa shape index (κ3) is 5.18. The van der Waals surface area contributed by atoms with Gasteiger partial charge in [-0.25, -0.2) is 9.78 Å². The fraction of sp³-hybridized carbons (Fsp3) is 0.172. The molecule has 0 unspecified atom stereocenters. The van der Waals surface area contributed by atoms with Gasteiger partial charge >= 0.3 is 12.1 Å². The Morgan fingerprint density at radius 3 is 2.43 bits per heavy atom. The fourth-order valence-electron chi connectivity index (χ4n) is 4.72. The molecule has 2 aromatic heterocycles. The van der Waals surface area contributed by atoms with Crippen LogP contribution in [-0.4, -0.2) is 20.5 Å². The minimum absolute atomic E-state index is 0.0278. The number of fused-ring (bicyclic) bond motifs is 1. The van der Waals surface area contributed by atoms with Crippen LogP contribution in [0.1, 0.15) is 47.1 Å². The number of imidazole rings is 1. The molecule has 2 aromatic carbocycles. The molecule has 1 N–H and O–H groups in total. The summed E-state index contributed by atoms with van der Waals surface area (Å²) >= 11 is 6.02. The highest BCUT2D eigenvalue weighted by Gasteiger charge is 2.37. The number of aromatic nitrogens is 2. The second-order valence-electron chi connectivity index (χ2n) is 9.01. The van der Waals surface area contributed by atoms with E-state index in [-0.39, 0.29) is 16.5 Å². The Balaban J connectivity index is 1.80. The lowest BCUT2D eigenvalue weighted by Crippen LogP contribution is -2.18. The Labute approximate surface area is 216 Å². The summed E-state index contributed by atoms with van der Waals surface area (Å²) in [6.45, 7) is 0. The molecule has 1 saturated carbocycles. The van der Waals surface area contributed by atoms with Crippen LogP contribution in [0.15, 0.2) is 79.3 Å². The van der Waals surface area contributed by atoms with Gasteiger partial charge in [-0.05, 0) is 82.5 Å². The normalized spacial score (nSPS) is 15.1. The summed E-state index contributed by atoms with van der Waals surface area (Å²) < 4.78 is 44.6. The van der Waals surface area contributed by atoms with Crippen molar-refractivity contribution in [2.45, 2.75) is 25.4 Å². The first-order valence-electron chi connectivity index (χ1n) is 11.8. The molecule has 5 rings (SSSR count). The molecule has 4 aromatic rings. The molecular weight excluding hydrogens is 501 g/mol. The predicted octanol–water partition coefficient (Wildman–Crippen LogP) is 7.86. The molecule has 8 heteroatoms. The molecule has 0 saturated heterocycles. The van der Waals surface area contributed by atoms with Crippen LogP contribution in [0.3, 0.4) is 0 Å². The topological polar surface area (TPSA) is 54.6 Å². The summed E-state index contributed by atoms with van der Waals surface area (Å²) in [4.78, 5) is 15.2. The number of allylic oxidation sites excluding steroid dienone is 1. The predicted molar refractivity (Wildman–Crippen MR) is 138 cm³/mol. The molecular formula is C29H22ClF3N2O2. The molecule has 1 aliphatic rings. The fourth-order valence-corrected chi connectivity index (χ4v) is 4.89. The summed E-state index contributed by atoms with van der Waals surface area (Å²) in [6, 6.07) is 14.8. The molecule has 2 heterocycles. The highest BCUT2D eigenvalue weighted by Crippen LogP contribution is 2.48. The van der Waals surface area contributed by atoms with Crippen molar-refractivity contribution >= 4 is 40.4 Å². The van der Waals surface area contributed by atoms with Gasteiger partial charge in [-0.1, -0.05) is 48.4 Å². The zero-order chi connectivity index (χ0) is 26.2. The minimum atomic E-state index is -4.58. The summed E-state index contributed by atoms with van der Waals surface area (Å²) in [5, 5.41) is 8.96. The number of hydrogen-bond donors (Lipinski definition) is 1. The molecule has 1 aliphatic carbocycles. The number of benzene rings is 2. The highest BCUT2D eigenvalue weighted by molar-refractivity contribution is 6.30. The quantitative estimate of drug-likeness (QED) is 0.207. The van der Waals surface area contributed by atoms with Crippen molar-refractivity contribution in [3.8, 4) is 0 Å². The van der Waals surface area contributed by atoms with Crippen molar-refractivity contribution in [2.75, 3.05) is 0 Å². The molecule has 0 radical (unpaired) electrons. The number of hydrogen-bond acceptors (Lipinski definition) is 2. The number of carbonyl (C=O) groups is 1. The van der Waals surface area contributed by atoms with E-state index in [1.807, 2.05) is 34.9 Å². The van der Waals surface area contributed by atoms with Crippen LogP contribution in [0.2, 0.25) is 5.02 Å². The highest BCUT2D eigenvalue weighted by atomic mass is 35.5. The molecule has 0 amide bonds. The number of pyridine rings is 1. The van der Waals surface area contributed by atoms with Gasteiger partial charge in [-0.3, -0.25) is 0 Å².